The molecule has 24 heavy (non-hydrogen) atoms. The molecule has 0 aliphatic carbocycles. The molecule has 1 amide bonds. The predicted octanol–water partition coefficient (Wildman–Crippen LogP) is 3.75. The van der Waals surface area contributed by atoms with Crippen LogP contribution in [-0.4, -0.2) is 11.0 Å². The number of aliphatic hydroxyl groups excluding tert-OH is 1. The van der Waals surface area contributed by atoms with E-state index in [0.29, 0.717) is 6.54 Å². The maximum Gasteiger partial charge on any atom is 0.227 e. The first-order valence-electron chi connectivity index (χ1n) is 8.13. The zero-order chi connectivity index (χ0) is 16.9. The summed E-state index contributed by atoms with van der Waals surface area (Å²) >= 11 is 0. The normalized spacial score (nSPS) is 12.1. The lowest BCUT2D eigenvalue weighted by Crippen LogP contribution is -2.27. The number of hydrogen-bond acceptors (Lipinski definition) is 2. The van der Waals surface area contributed by atoms with Gasteiger partial charge in [-0.2, -0.15) is 0 Å². The van der Waals surface area contributed by atoms with Crippen molar-refractivity contribution in [2.75, 3.05) is 0 Å². The minimum Gasteiger partial charge on any atom is -0.392 e. The molecule has 0 saturated carbocycles. The quantitative estimate of drug-likeness (QED) is 0.752. The molecule has 0 spiro atoms. The van der Waals surface area contributed by atoms with E-state index in [-0.39, 0.29) is 18.4 Å². The van der Waals surface area contributed by atoms with E-state index in [2.05, 4.69) is 29.6 Å². The van der Waals surface area contributed by atoms with Gasteiger partial charge >= 0.3 is 0 Å². The van der Waals surface area contributed by atoms with Gasteiger partial charge < -0.3 is 10.4 Å². The Hall–Kier alpha value is -2.65. The van der Waals surface area contributed by atoms with Gasteiger partial charge in [-0.05, 0) is 34.4 Å². The Morgan fingerprint density at radius 1 is 0.958 bits per heavy atom. The van der Waals surface area contributed by atoms with Crippen LogP contribution in [0, 0.1) is 0 Å². The van der Waals surface area contributed by atoms with E-state index in [1.807, 2.05) is 49.4 Å². The molecule has 2 N–H and O–H groups in total. The number of benzene rings is 3. The highest BCUT2D eigenvalue weighted by atomic mass is 16.3. The average Bonchev–Trinajstić information content (AvgIpc) is 2.65. The molecular weight excluding hydrogens is 298 g/mol. The zero-order valence-electron chi connectivity index (χ0n) is 13.7. The van der Waals surface area contributed by atoms with Crippen molar-refractivity contribution in [1.29, 1.82) is 0 Å². The van der Waals surface area contributed by atoms with Gasteiger partial charge in [-0.25, -0.2) is 0 Å². The first kappa shape index (κ1) is 16.2. The minimum atomic E-state index is -0.226. The molecule has 0 aliphatic rings. The van der Waals surface area contributed by atoms with Crippen molar-refractivity contribution >= 4 is 16.7 Å². The first-order valence-corrected chi connectivity index (χ1v) is 8.13. The maximum atomic E-state index is 12.5. The number of nitrogens with one attached hydrogen (secondary N) is 1. The molecule has 0 saturated heterocycles. The van der Waals surface area contributed by atoms with Crippen LogP contribution in [-0.2, 0) is 17.9 Å². The third-order valence-electron chi connectivity index (χ3n) is 4.41. The molecule has 0 aliphatic heterocycles. The molecule has 3 rings (SSSR count). The largest absolute Gasteiger partial charge is 0.392 e. The fourth-order valence-corrected chi connectivity index (χ4v) is 2.85. The van der Waals surface area contributed by atoms with E-state index in [1.54, 1.807) is 0 Å². The highest BCUT2D eigenvalue weighted by Crippen LogP contribution is 2.22. The Bertz CT molecular complexity index is 857. The Balaban J connectivity index is 1.71. The first-order chi connectivity index (χ1) is 11.7. The van der Waals surface area contributed by atoms with Gasteiger partial charge in [-0.1, -0.05) is 66.7 Å². The van der Waals surface area contributed by atoms with Crippen molar-refractivity contribution in [3.63, 3.8) is 0 Å². The molecule has 0 aromatic heterocycles. The third kappa shape index (κ3) is 3.47. The van der Waals surface area contributed by atoms with Crippen LogP contribution >= 0.6 is 0 Å². The van der Waals surface area contributed by atoms with E-state index >= 15 is 0 Å². The van der Waals surface area contributed by atoms with Crippen LogP contribution in [0.5, 0.6) is 0 Å². The minimum absolute atomic E-state index is 0.0157. The molecule has 122 valence electrons. The summed E-state index contributed by atoms with van der Waals surface area (Å²) < 4.78 is 0. The van der Waals surface area contributed by atoms with Gasteiger partial charge in [-0.3, -0.25) is 4.79 Å². The summed E-state index contributed by atoms with van der Waals surface area (Å²) in [7, 11) is 0. The highest BCUT2D eigenvalue weighted by Gasteiger charge is 2.15. The van der Waals surface area contributed by atoms with Crippen molar-refractivity contribution in [3.05, 3.63) is 83.4 Å². The number of amides is 1. The number of rotatable bonds is 5. The second-order valence-corrected chi connectivity index (χ2v) is 5.97. The van der Waals surface area contributed by atoms with Gasteiger partial charge in [0.15, 0.2) is 0 Å². The average molecular weight is 319 g/mol. The van der Waals surface area contributed by atoms with Crippen LogP contribution in [0.15, 0.2) is 66.7 Å². The fourth-order valence-electron chi connectivity index (χ4n) is 2.85. The highest BCUT2D eigenvalue weighted by molar-refractivity contribution is 5.87. The summed E-state index contributed by atoms with van der Waals surface area (Å²) in [4.78, 5) is 12.5. The topological polar surface area (TPSA) is 49.3 Å². The molecule has 3 heteroatoms. The smallest absolute Gasteiger partial charge is 0.227 e. The lowest BCUT2D eigenvalue weighted by atomic mass is 9.97. The lowest BCUT2D eigenvalue weighted by Gasteiger charge is -2.14. The van der Waals surface area contributed by atoms with Crippen LogP contribution in [0.2, 0.25) is 0 Å². The van der Waals surface area contributed by atoms with Crippen LogP contribution in [0.4, 0.5) is 0 Å². The second kappa shape index (κ2) is 7.28. The summed E-state index contributed by atoms with van der Waals surface area (Å²) in [6, 6.07) is 21.9. The van der Waals surface area contributed by atoms with Crippen LogP contribution in [0.3, 0.4) is 0 Å². The van der Waals surface area contributed by atoms with Gasteiger partial charge in [0.25, 0.3) is 0 Å². The molecule has 3 nitrogen and oxygen atoms in total. The summed E-state index contributed by atoms with van der Waals surface area (Å²) in [5.74, 6) is -0.242. The van der Waals surface area contributed by atoms with E-state index < -0.39 is 0 Å². The van der Waals surface area contributed by atoms with Gasteiger partial charge in [0.2, 0.25) is 5.91 Å². The Kier molecular flexibility index (Phi) is 4.92. The number of aliphatic hydroxyl groups is 1. The molecule has 0 fully saturated rings. The molecule has 0 bridgehead atoms. The van der Waals surface area contributed by atoms with Crippen LogP contribution in [0.1, 0.15) is 29.5 Å². The Labute approximate surface area is 142 Å². The van der Waals surface area contributed by atoms with Gasteiger partial charge in [0.1, 0.15) is 0 Å². The zero-order valence-corrected chi connectivity index (χ0v) is 13.7. The van der Waals surface area contributed by atoms with Gasteiger partial charge in [0, 0.05) is 6.54 Å². The SMILES string of the molecule is CC(C(=O)NCc1ccccc1CO)c1ccc2ccccc2c1. The van der Waals surface area contributed by atoms with Crippen LogP contribution in [0.25, 0.3) is 10.8 Å². The summed E-state index contributed by atoms with van der Waals surface area (Å²) in [6.45, 7) is 2.32. The van der Waals surface area contributed by atoms with Gasteiger partial charge in [-0.15, -0.1) is 0 Å². The number of carbonyl (C=O) groups excluding carboxylic acids is 1. The number of carbonyl (C=O) groups is 1. The van der Waals surface area contributed by atoms with E-state index in [1.165, 1.54) is 5.39 Å². The Morgan fingerprint density at radius 2 is 1.62 bits per heavy atom. The second-order valence-electron chi connectivity index (χ2n) is 5.97. The molecule has 1 unspecified atom stereocenters. The third-order valence-corrected chi connectivity index (χ3v) is 4.41. The molecule has 0 radical (unpaired) electrons. The molecule has 0 heterocycles. The van der Waals surface area contributed by atoms with Crippen molar-refractivity contribution in [3.8, 4) is 0 Å². The lowest BCUT2D eigenvalue weighted by molar-refractivity contribution is -0.122. The predicted molar refractivity (Wildman–Crippen MR) is 96.6 cm³/mol. The molecule has 1 atom stereocenters. The summed E-state index contributed by atoms with van der Waals surface area (Å²) in [6.07, 6.45) is 0. The van der Waals surface area contributed by atoms with E-state index in [4.69, 9.17) is 0 Å². The number of hydrogen-bond donors (Lipinski definition) is 2. The van der Waals surface area contributed by atoms with Crippen molar-refractivity contribution in [2.45, 2.75) is 26.0 Å². The maximum absolute atomic E-state index is 12.5. The Morgan fingerprint density at radius 3 is 2.38 bits per heavy atom. The standard InChI is InChI=1S/C21H21NO2/c1-15(17-11-10-16-6-2-3-7-18(16)12-17)21(24)22-13-19-8-4-5-9-20(19)14-23/h2-12,15,23H,13-14H2,1H3,(H,22,24). The van der Waals surface area contributed by atoms with E-state index in [0.717, 1.165) is 22.1 Å². The summed E-state index contributed by atoms with van der Waals surface area (Å²) in [5.41, 5.74) is 2.79. The van der Waals surface area contributed by atoms with Gasteiger partial charge in [0.05, 0.1) is 12.5 Å². The number of fused-ring (bicyclic) bond motifs is 1. The molecule has 3 aromatic carbocycles. The molecule has 3 aromatic rings. The van der Waals surface area contributed by atoms with Crippen molar-refractivity contribution in [1.82, 2.24) is 5.32 Å². The van der Waals surface area contributed by atoms with Crippen LogP contribution < -0.4 is 5.32 Å². The monoisotopic (exact) mass is 319 g/mol. The molecular formula is C21H21NO2. The summed E-state index contributed by atoms with van der Waals surface area (Å²) in [5, 5.41) is 14.6. The van der Waals surface area contributed by atoms with E-state index in [9.17, 15) is 9.90 Å². The fraction of sp³-hybridized carbons (Fsp3) is 0.190. The van der Waals surface area contributed by atoms with Crippen molar-refractivity contribution in [2.24, 2.45) is 0 Å². The van der Waals surface area contributed by atoms with Crippen molar-refractivity contribution < 1.29 is 9.90 Å².